The second-order valence-electron chi connectivity index (χ2n) is 5.64. The van der Waals surface area contributed by atoms with Gasteiger partial charge in [-0.05, 0) is 25.0 Å². The van der Waals surface area contributed by atoms with Gasteiger partial charge in [0.25, 0.3) is 5.91 Å². The average Bonchev–Trinajstić information content (AvgIpc) is 2.58. The van der Waals surface area contributed by atoms with E-state index in [1.165, 1.54) is 17.0 Å². The molecule has 2 heterocycles. The average molecular weight is 359 g/mol. The van der Waals surface area contributed by atoms with Crippen molar-refractivity contribution in [3.05, 3.63) is 29.6 Å². The molecule has 0 saturated carbocycles. The van der Waals surface area contributed by atoms with Gasteiger partial charge in [0.2, 0.25) is 5.91 Å². The Labute approximate surface area is 140 Å². The number of rotatable bonds is 4. The molecule has 0 radical (unpaired) electrons. The Kier molecular flexibility index (Phi) is 5.60. The molecule has 25 heavy (non-hydrogen) atoms. The normalized spacial score (nSPS) is 15.7. The largest absolute Gasteiger partial charge is 0.477 e. The zero-order chi connectivity index (χ0) is 18.6. The summed E-state index contributed by atoms with van der Waals surface area (Å²) in [6, 6.07) is 2.56. The number of piperidine rings is 1. The fourth-order valence-electron chi connectivity index (χ4n) is 2.51. The number of hydrogen-bond acceptors (Lipinski definition) is 4. The predicted molar refractivity (Wildman–Crippen MR) is 78.9 cm³/mol. The molecular weight excluding hydrogens is 343 g/mol. The van der Waals surface area contributed by atoms with E-state index in [0.29, 0.717) is 0 Å². The first-order chi connectivity index (χ1) is 11.7. The summed E-state index contributed by atoms with van der Waals surface area (Å²) in [7, 11) is 0. The molecule has 1 aliphatic heterocycles. The monoisotopic (exact) mass is 359 g/mol. The fourth-order valence-corrected chi connectivity index (χ4v) is 2.51. The molecule has 0 aromatic carbocycles. The number of halogens is 3. The Hall–Kier alpha value is -2.65. The number of nitrogens with zero attached hydrogens (tertiary/aromatic N) is 2. The van der Waals surface area contributed by atoms with Crippen molar-refractivity contribution in [2.45, 2.75) is 19.0 Å². The molecule has 0 atom stereocenters. The second-order valence-corrected chi connectivity index (χ2v) is 5.64. The van der Waals surface area contributed by atoms with Gasteiger partial charge in [0.15, 0.2) is 0 Å². The molecule has 10 heteroatoms. The molecule has 0 unspecified atom stereocenters. The second kappa shape index (κ2) is 7.49. The van der Waals surface area contributed by atoms with Crippen molar-refractivity contribution in [1.82, 2.24) is 15.2 Å². The van der Waals surface area contributed by atoms with Crippen LogP contribution < -0.4 is 5.32 Å². The highest BCUT2D eigenvalue weighted by Crippen LogP contribution is 2.20. The van der Waals surface area contributed by atoms with E-state index < -0.39 is 30.5 Å². The number of hydrogen-bond donors (Lipinski definition) is 2. The fraction of sp³-hybridized carbons (Fsp3) is 0.467. The first kappa shape index (κ1) is 18.7. The third-order valence-electron chi connectivity index (χ3n) is 3.85. The lowest BCUT2D eigenvalue weighted by atomic mass is 9.95. The van der Waals surface area contributed by atoms with Gasteiger partial charge in [0, 0.05) is 25.2 Å². The Balaban J connectivity index is 1.87. The number of likely N-dealkylation sites (tertiary alicyclic amines) is 1. The molecular formula is C15H16F3N3O4. The molecule has 0 aliphatic carbocycles. The molecule has 1 aromatic rings. The quantitative estimate of drug-likeness (QED) is 0.844. The van der Waals surface area contributed by atoms with Crippen LogP contribution in [0.25, 0.3) is 0 Å². The highest BCUT2D eigenvalue weighted by molar-refractivity contribution is 5.95. The Morgan fingerprint density at radius 3 is 2.36 bits per heavy atom. The number of carboxylic acids is 1. The van der Waals surface area contributed by atoms with E-state index in [0.717, 1.165) is 6.20 Å². The van der Waals surface area contributed by atoms with Crippen LogP contribution in [0.15, 0.2) is 18.3 Å². The first-order valence-corrected chi connectivity index (χ1v) is 7.50. The zero-order valence-electron chi connectivity index (χ0n) is 13.0. The summed E-state index contributed by atoms with van der Waals surface area (Å²) in [5.74, 6) is -2.81. The summed E-state index contributed by atoms with van der Waals surface area (Å²) in [6.07, 6.45) is -2.78. The summed E-state index contributed by atoms with van der Waals surface area (Å²) >= 11 is 0. The molecule has 2 rings (SSSR count). The Morgan fingerprint density at radius 2 is 1.88 bits per heavy atom. The lowest BCUT2D eigenvalue weighted by Gasteiger charge is -2.31. The molecule has 1 saturated heterocycles. The molecule has 1 fully saturated rings. The molecule has 1 aromatic heterocycles. The van der Waals surface area contributed by atoms with Crippen LogP contribution in [0.5, 0.6) is 0 Å². The van der Waals surface area contributed by atoms with E-state index >= 15 is 0 Å². The van der Waals surface area contributed by atoms with Crippen LogP contribution >= 0.6 is 0 Å². The summed E-state index contributed by atoms with van der Waals surface area (Å²) in [4.78, 5) is 39.9. The number of nitrogens with one attached hydrogen (secondary N) is 1. The van der Waals surface area contributed by atoms with E-state index in [9.17, 15) is 27.6 Å². The highest BCUT2D eigenvalue weighted by Gasteiger charge is 2.32. The molecule has 1 aliphatic rings. The first-order valence-electron chi connectivity index (χ1n) is 7.50. The highest BCUT2D eigenvalue weighted by atomic mass is 19.4. The van der Waals surface area contributed by atoms with Gasteiger partial charge in [0.1, 0.15) is 12.2 Å². The van der Waals surface area contributed by atoms with Gasteiger partial charge < -0.3 is 15.3 Å². The summed E-state index contributed by atoms with van der Waals surface area (Å²) in [5, 5.41) is 10.6. The van der Waals surface area contributed by atoms with Crippen molar-refractivity contribution in [3.63, 3.8) is 0 Å². The zero-order valence-corrected chi connectivity index (χ0v) is 13.0. The number of alkyl halides is 3. The van der Waals surface area contributed by atoms with Crippen LogP contribution in [0.3, 0.4) is 0 Å². The number of pyridine rings is 1. The molecule has 2 N–H and O–H groups in total. The lowest BCUT2D eigenvalue weighted by molar-refractivity contribution is -0.141. The minimum Gasteiger partial charge on any atom is -0.477 e. The summed E-state index contributed by atoms with van der Waals surface area (Å²) in [5.41, 5.74) is 0.0292. The van der Waals surface area contributed by atoms with E-state index in [2.05, 4.69) is 4.98 Å². The van der Waals surface area contributed by atoms with E-state index in [4.69, 9.17) is 5.11 Å². The number of aromatic carboxylic acids is 1. The molecule has 0 spiro atoms. The van der Waals surface area contributed by atoms with E-state index in [1.54, 1.807) is 0 Å². The van der Waals surface area contributed by atoms with Crippen molar-refractivity contribution in [1.29, 1.82) is 0 Å². The molecule has 2 amide bonds. The van der Waals surface area contributed by atoms with Crippen molar-refractivity contribution in [3.8, 4) is 0 Å². The number of aromatic nitrogens is 1. The van der Waals surface area contributed by atoms with Crippen molar-refractivity contribution >= 4 is 17.8 Å². The van der Waals surface area contributed by atoms with E-state index in [-0.39, 0.29) is 43.1 Å². The standard InChI is InChI=1S/C15H16F3N3O4/c16-15(17,18)8-20-12(22)9-3-5-21(6-4-9)13(23)10-1-2-11(14(24)25)19-7-10/h1-2,7,9H,3-6,8H2,(H,20,22)(H,24,25). The van der Waals surface area contributed by atoms with Gasteiger partial charge in [0.05, 0.1) is 5.56 Å². The molecule has 7 nitrogen and oxygen atoms in total. The third-order valence-corrected chi connectivity index (χ3v) is 3.85. The number of carbonyl (C=O) groups is 3. The van der Waals surface area contributed by atoms with Gasteiger partial charge >= 0.3 is 12.1 Å². The Morgan fingerprint density at radius 1 is 1.24 bits per heavy atom. The van der Waals surface area contributed by atoms with Crippen LogP contribution in [0.1, 0.15) is 33.7 Å². The van der Waals surface area contributed by atoms with E-state index in [1.807, 2.05) is 5.32 Å². The topological polar surface area (TPSA) is 99.6 Å². The van der Waals surface area contributed by atoms with Crippen LogP contribution in [-0.4, -0.2) is 58.6 Å². The van der Waals surface area contributed by atoms with Gasteiger partial charge in [-0.25, -0.2) is 9.78 Å². The van der Waals surface area contributed by atoms with Crippen molar-refractivity contribution < 1.29 is 32.7 Å². The summed E-state index contributed by atoms with van der Waals surface area (Å²) < 4.78 is 36.3. The maximum absolute atomic E-state index is 12.3. The third kappa shape index (κ3) is 5.16. The van der Waals surface area contributed by atoms with Gasteiger partial charge in [-0.3, -0.25) is 9.59 Å². The van der Waals surface area contributed by atoms with Crippen LogP contribution in [-0.2, 0) is 4.79 Å². The van der Waals surface area contributed by atoms with Gasteiger partial charge in [-0.1, -0.05) is 0 Å². The van der Waals surface area contributed by atoms with Gasteiger partial charge in [-0.15, -0.1) is 0 Å². The minimum absolute atomic E-state index is 0.184. The number of carboxylic acid groups (broad SMARTS) is 1. The maximum Gasteiger partial charge on any atom is 0.405 e. The lowest BCUT2D eigenvalue weighted by Crippen LogP contribution is -2.44. The summed E-state index contributed by atoms with van der Waals surface area (Å²) in [6.45, 7) is -0.917. The van der Waals surface area contributed by atoms with Crippen molar-refractivity contribution in [2.24, 2.45) is 5.92 Å². The number of amides is 2. The number of carbonyl (C=O) groups excluding carboxylic acids is 2. The van der Waals surface area contributed by atoms with Crippen molar-refractivity contribution in [2.75, 3.05) is 19.6 Å². The maximum atomic E-state index is 12.3. The molecule has 0 bridgehead atoms. The van der Waals surface area contributed by atoms with Crippen LogP contribution in [0.2, 0.25) is 0 Å². The SMILES string of the molecule is O=C(O)c1ccc(C(=O)N2CCC(C(=O)NCC(F)(F)F)CC2)cn1. The van der Waals surface area contributed by atoms with Crippen LogP contribution in [0.4, 0.5) is 13.2 Å². The van der Waals surface area contributed by atoms with Gasteiger partial charge in [-0.2, -0.15) is 13.2 Å². The molecule has 136 valence electrons. The Bertz CT molecular complexity index is 653. The predicted octanol–water partition coefficient (Wildman–Crippen LogP) is 1.31. The minimum atomic E-state index is -4.46. The smallest absolute Gasteiger partial charge is 0.405 e. The van der Waals surface area contributed by atoms with Crippen LogP contribution in [0, 0.1) is 5.92 Å².